The van der Waals surface area contributed by atoms with Crippen molar-refractivity contribution in [2.45, 2.75) is 6.92 Å². The molecule has 0 aromatic heterocycles. The van der Waals surface area contributed by atoms with Crippen LogP contribution in [0.2, 0.25) is 0 Å². The fourth-order valence-corrected chi connectivity index (χ4v) is 2.88. The number of amides is 1. The van der Waals surface area contributed by atoms with E-state index in [9.17, 15) is 14.9 Å². The highest BCUT2D eigenvalue weighted by Crippen LogP contribution is 2.36. The third-order valence-electron chi connectivity index (χ3n) is 2.79. The highest BCUT2D eigenvalue weighted by atomic mass is 32.2. The Balaban J connectivity index is 2.47. The summed E-state index contributed by atoms with van der Waals surface area (Å²) in [4.78, 5) is 24.2. The SMILES string of the molecule is CC(=C1SC(=S)N(C)C1=O)c1cccc([N+](=O)[O-])c1. The zero-order valence-electron chi connectivity index (χ0n) is 10.2. The van der Waals surface area contributed by atoms with Gasteiger partial charge in [-0.1, -0.05) is 36.1 Å². The van der Waals surface area contributed by atoms with Crippen LogP contribution in [0.25, 0.3) is 5.57 Å². The lowest BCUT2D eigenvalue weighted by molar-refractivity contribution is -0.384. The molecule has 98 valence electrons. The quantitative estimate of drug-likeness (QED) is 0.363. The lowest BCUT2D eigenvalue weighted by Gasteiger charge is -2.06. The van der Waals surface area contributed by atoms with Gasteiger partial charge in [-0.15, -0.1) is 0 Å². The van der Waals surface area contributed by atoms with Gasteiger partial charge in [0.05, 0.1) is 9.83 Å². The van der Waals surface area contributed by atoms with Gasteiger partial charge in [0, 0.05) is 19.2 Å². The number of hydrogen-bond acceptors (Lipinski definition) is 5. The number of nitro groups is 1. The van der Waals surface area contributed by atoms with Crippen molar-refractivity contribution < 1.29 is 9.72 Å². The normalized spacial score (nSPS) is 17.9. The van der Waals surface area contributed by atoms with Crippen molar-refractivity contribution in [3.63, 3.8) is 0 Å². The molecule has 7 heteroatoms. The van der Waals surface area contributed by atoms with E-state index in [4.69, 9.17) is 12.2 Å². The summed E-state index contributed by atoms with van der Waals surface area (Å²) in [7, 11) is 1.62. The van der Waals surface area contributed by atoms with Gasteiger partial charge >= 0.3 is 0 Å². The van der Waals surface area contributed by atoms with Crippen LogP contribution in [-0.2, 0) is 4.79 Å². The second-order valence-corrected chi connectivity index (χ2v) is 5.64. The molecule has 1 amide bonds. The molecule has 1 saturated heterocycles. The van der Waals surface area contributed by atoms with E-state index >= 15 is 0 Å². The average molecular weight is 294 g/mol. The van der Waals surface area contributed by atoms with Crippen molar-refractivity contribution in [2.24, 2.45) is 0 Å². The molecule has 0 unspecified atom stereocenters. The van der Waals surface area contributed by atoms with Crippen LogP contribution >= 0.6 is 24.0 Å². The highest BCUT2D eigenvalue weighted by Gasteiger charge is 2.30. The third kappa shape index (κ3) is 2.52. The molecule has 5 nitrogen and oxygen atoms in total. The van der Waals surface area contributed by atoms with Crippen molar-refractivity contribution >= 4 is 45.5 Å². The number of non-ortho nitro benzene ring substituents is 1. The van der Waals surface area contributed by atoms with Crippen LogP contribution in [0.1, 0.15) is 12.5 Å². The van der Waals surface area contributed by atoms with Crippen molar-refractivity contribution in [3.8, 4) is 0 Å². The van der Waals surface area contributed by atoms with Gasteiger partial charge in [0.25, 0.3) is 11.6 Å². The topological polar surface area (TPSA) is 63.5 Å². The van der Waals surface area contributed by atoms with Crippen LogP contribution in [0.5, 0.6) is 0 Å². The molecule has 0 bridgehead atoms. The maximum absolute atomic E-state index is 12.0. The monoisotopic (exact) mass is 294 g/mol. The summed E-state index contributed by atoms with van der Waals surface area (Å²) in [5.74, 6) is -0.168. The van der Waals surface area contributed by atoms with Crippen molar-refractivity contribution in [3.05, 3.63) is 44.8 Å². The van der Waals surface area contributed by atoms with Crippen LogP contribution in [0.4, 0.5) is 5.69 Å². The van der Waals surface area contributed by atoms with Gasteiger partial charge in [-0.05, 0) is 18.1 Å². The van der Waals surface area contributed by atoms with Crippen LogP contribution in [0.3, 0.4) is 0 Å². The van der Waals surface area contributed by atoms with Gasteiger partial charge in [0.2, 0.25) is 0 Å². The molecule has 0 N–H and O–H groups in total. The Morgan fingerprint density at radius 1 is 1.47 bits per heavy atom. The van der Waals surface area contributed by atoms with Gasteiger partial charge in [-0.2, -0.15) is 0 Å². The molecular formula is C12H10N2O3S2. The summed E-state index contributed by atoms with van der Waals surface area (Å²) in [5, 5.41) is 10.8. The Bertz CT molecular complexity index is 625. The van der Waals surface area contributed by atoms with E-state index in [1.165, 1.54) is 28.8 Å². The molecule has 1 heterocycles. The van der Waals surface area contributed by atoms with E-state index in [0.29, 0.717) is 20.4 Å². The number of likely N-dealkylation sites (N-methyl/N-ethyl adjacent to an activating group) is 1. The van der Waals surface area contributed by atoms with Crippen molar-refractivity contribution in [1.29, 1.82) is 0 Å². The zero-order valence-corrected chi connectivity index (χ0v) is 11.9. The van der Waals surface area contributed by atoms with Crippen LogP contribution in [0, 0.1) is 10.1 Å². The lowest BCUT2D eigenvalue weighted by Crippen LogP contribution is -2.22. The zero-order chi connectivity index (χ0) is 14.2. The number of nitrogens with zero attached hydrogens (tertiary/aromatic N) is 2. The standard InChI is InChI=1S/C12H10N2O3S2/c1-7(10-11(15)13(2)12(18)19-10)8-4-3-5-9(6-8)14(16)17/h3-6H,1-2H3. The molecule has 0 atom stereocenters. The first-order valence-electron chi connectivity index (χ1n) is 5.37. The number of benzene rings is 1. The van der Waals surface area contributed by atoms with Crippen molar-refractivity contribution in [2.75, 3.05) is 7.05 Å². The first kappa shape index (κ1) is 13.7. The smallest absolute Gasteiger partial charge is 0.270 e. The van der Waals surface area contributed by atoms with Crippen molar-refractivity contribution in [1.82, 2.24) is 4.90 Å². The average Bonchev–Trinajstić information content (AvgIpc) is 2.66. The van der Waals surface area contributed by atoms with E-state index < -0.39 is 4.92 Å². The molecule has 0 aliphatic carbocycles. The minimum Gasteiger partial charge on any atom is -0.296 e. The maximum atomic E-state index is 12.0. The summed E-state index contributed by atoms with van der Waals surface area (Å²) in [5.41, 5.74) is 1.36. The molecule has 19 heavy (non-hydrogen) atoms. The largest absolute Gasteiger partial charge is 0.296 e. The van der Waals surface area contributed by atoms with E-state index in [1.807, 2.05) is 0 Å². The molecule has 1 aliphatic heterocycles. The molecule has 1 aromatic carbocycles. The minimum absolute atomic E-state index is 0.00354. The fraction of sp³-hybridized carbons (Fsp3) is 0.167. The molecule has 1 aromatic rings. The predicted octanol–water partition coefficient (Wildman–Crippen LogP) is 2.82. The highest BCUT2D eigenvalue weighted by molar-refractivity contribution is 8.26. The molecule has 0 spiro atoms. The Labute approximate surface area is 119 Å². The third-order valence-corrected chi connectivity index (χ3v) is 4.45. The van der Waals surface area contributed by atoms with Gasteiger partial charge in [-0.3, -0.25) is 19.8 Å². The number of thiocarbonyl (C=S) groups is 1. The Morgan fingerprint density at radius 2 is 2.16 bits per heavy atom. The summed E-state index contributed by atoms with van der Waals surface area (Å²) in [6.07, 6.45) is 0. The predicted molar refractivity (Wildman–Crippen MR) is 78.6 cm³/mol. The number of carbonyl (C=O) groups is 1. The minimum atomic E-state index is -0.457. The first-order chi connectivity index (χ1) is 8.91. The van der Waals surface area contributed by atoms with Gasteiger partial charge in [-0.25, -0.2) is 0 Å². The Kier molecular flexibility index (Phi) is 3.68. The van der Waals surface area contributed by atoms with Crippen LogP contribution in [0.15, 0.2) is 29.2 Å². The maximum Gasteiger partial charge on any atom is 0.270 e. The summed E-state index contributed by atoms with van der Waals surface area (Å²) in [6, 6.07) is 6.22. The number of thioether (sulfide) groups is 1. The molecule has 1 fully saturated rings. The summed E-state index contributed by atoms with van der Waals surface area (Å²) < 4.78 is 0.491. The molecule has 1 aliphatic rings. The number of rotatable bonds is 2. The molecular weight excluding hydrogens is 284 g/mol. The lowest BCUT2D eigenvalue weighted by atomic mass is 10.1. The second kappa shape index (κ2) is 5.10. The van der Waals surface area contributed by atoms with Gasteiger partial charge in [0.1, 0.15) is 4.32 Å². The first-order valence-corrected chi connectivity index (χ1v) is 6.60. The number of carbonyl (C=O) groups excluding carboxylic acids is 1. The Hall–Kier alpha value is -1.73. The number of allylic oxidation sites excluding steroid dienone is 1. The number of nitro benzene ring substituents is 1. The van der Waals surface area contributed by atoms with Crippen LogP contribution in [-0.4, -0.2) is 27.1 Å². The Morgan fingerprint density at radius 3 is 2.68 bits per heavy atom. The fourth-order valence-electron chi connectivity index (χ4n) is 1.66. The van der Waals surface area contributed by atoms with Gasteiger partial charge < -0.3 is 0 Å². The number of hydrogen-bond donors (Lipinski definition) is 0. The summed E-state index contributed by atoms with van der Waals surface area (Å²) in [6.45, 7) is 1.76. The van der Waals surface area contributed by atoms with E-state index in [2.05, 4.69) is 0 Å². The van der Waals surface area contributed by atoms with Crippen LogP contribution < -0.4 is 0 Å². The van der Waals surface area contributed by atoms with E-state index in [1.54, 1.807) is 26.1 Å². The second-order valence-electron chi connectivity index (χ2n) is 3.99. The molecule has 0 saturated carbocycles. The van der Waals surface area contributed by atoms with E-state index in [0.717, 1.165) is 0 Å². The molecule has 0 radical (unpaired) electrons. The summed E-state index contributed by atoms with van der Waals surface area (Å²) >= 11 is 6.27. The molecule has 2 rings (SSSR count). The van der Waals surface area contributed by atoms with E-state index in [-0.39, 0.29) is 11.6 Å². The van der Waals surface area contributed by atoms with Gasteiger partial charge in [0.15, 0.2) is 0 Å².